The molecule has 194 valence electrons. The van der Waals surface area contributed by atoms with Crippen molar-refractivity contribution < 1.29 is 14.6 Å². The predicted molar refractivity (Wildman–Crippen MR) is 144 cm³/mol. The molecule has 3 unspecified atom stereocenters. The molecule has 1 amide bonds. The van der Waals surface area contributed by atoms with Crippen molar-refractivity contribution in [3.05, 3.63) is 63.6 Å². The lowest BCUT2D eigenvalue weighted by molar-refractivity contribution is -0.147. The number of carbonyl (C=O) groups excluding carboxylic acids is 1. The fourth-order valence-electron chi connectivity index (χ4n) is 6.46. The number of methoxy groups -OCH3 is 1. The average molecular weight is 532 g/mol. The Morgan fingerprint density at radius 2 is 1.94 bits per heavy atom. The molecule has 1 saturated heterocycles. The first-order valence-corrected chi connectivity index (χ1v) is 13.8. The van der Waals surface area contributed by atoms with Crippen molar-refractivity contribution in [3.63, 3.8) is 0 Å². The van der Waals surface area contributed by atoms with Gasteiger partial charge in [-0.05, 0) is 86.4 Å². The zero-order valence-corrected chi connectivity index (χ0v) is 22.7. The van der Waals surface area contributed by atoms with Crippen LogP contribution >= 0.6 is 23.2 Å². The summed E-state index contributed by atoms with van der Waals surface area (Å²) in [5, 5.41) is 13.2. The van der Waals surface area contributed by atoms with Gasteiger partial charge in [-0.15, -0.1) is 0 Å². The minimum Gasteiger partial charge on any atom is -0.497 e. The summed E-state index contributed by atoms with van der Waals surface area (Å²) in [7, 11) is 3.58. The van der Waals surface area contributed by atoms with Gasteiger partial charge >= 0.3 is 0 Å². The maximum absolute atomic E-state index is 13.3. The smallest absolute Gasteiger partial charge is 0.226 e. The summed E-state index contributed by atoms with van der Waals surface area (Å²) in [6, 6.07) is 13.6. The van der Waals surface area contributed by atoms with Gasteiger partial charge in [-0.1, -0.05) is 41.4 Å². The maximum atomic E-state index is 13.3. The Kier molecular flexibility index (Phi) is 7.30. The zero-order valence-electron chi connectivity index (χ0n) is 21.2. The van der Waals surface area contributed by atoms with Gasteiger partial charge in [-0.3, -0.25) is 4.79 Å². The number of ether oxygens (including phenoxy) is 1. The van der Waals surface area contributed by atoms with Crippen LogP contribution in [0.2, 0.25) is 10.0 Å². The van der Waals surface area contributed by atoms with Crippen molar-refractivity contribution in [1.29, 1.82) is 0 Å². The molecule has 0 bridgehead atoms. The number of nitrogens with zero attached hydrogens (tertiary/aromatic N) is 2. The lowest BCUT2D eigenvalue weighted by Crippen LogP contribution is -2.67. The summed E-state index contributed by atoms with van der Waals surface area (Å²) >= 11 is 12.2. The number of aliphatic hydroxyl groups is 1. The van der Waals surface area contributed by atoms with Crippen LogP contribution in [0.15, 0.2) is 42.5 Å². The highest BCUT2D eigenvalue weighted by Gasteiger charge is 2.58. The summed E-state index contributed by atoms with van der Waals surface area (Å²) < 4.78 is 5.56. The number of hydrogen-bond acceptors (Lipinski definition) is 4. The Morgan fingerprint density at radius 1 is 1.14 bits per heavy atom. The van der Waals surface area contributed by atoms with Gasteiger partial charge < -0.3 is 19.6 Å². The fourth-order valence-corrected chi connectivity index (χ4v) is 6.78. The number of hydrogen-bond donors (Lipinski definition) is 1. The number of fused-ring (bicyclic) bond motifs is 1. The van der Waals surface area contributed by atoms with Gasteiger partial charge in [0.15, 0.2) is 0 Å². The second-order valence-electron chi connectivity index (χ2n) is 11.1. The molecule has 0 spiro atoms. The first-order chi connectivity index (χ1) is 17.2. The number of halogens is 2. The van der Waals surface area contributed by atoms with Crippen molar-refractivity contribution in [2.24, 2.45) is 5.92 Å². The van der Waals surface area contributed by atoms with Gasteiger partial charge in [0, 0.05) is 31.6 Å². The SMILES string of the molecule is COc1cccc(C23CCN(CC4CC4)CC2(O)CCC(N(C)C(=O)Cc2ccc(Cl)c(Cl)c2)C3)c1. The third-order valence-electron chi connectivity index (χ3n) is 8.82. The fraction of sp³-hybridized carbons (Fsp3) is 0.552. The van der Waals surface area contributed by atoms with Crippen LogP contribution in [0.5, 0.6) is 5.75 Å². The molecule has 5 rings (SSSR count). The molecule has 1 N–H and O–H groups in total. The van der Waals surface area contributed by atoms with Crippen LogP contribution in [0.3, 0.4) is 0 Å². The molecular formula is C29H36Cl2N2O3. The van der Waals surface area contributed by atoms with Gasteiger partial charge in [0.05, 0.1) is 29.2 Å². The molecule has 0 radical (unpaired) electrons. The molecule has 1 aliphatic heterocycles. The first kappa shape index (κ1) is 25.8. The highest BCUT2D eigenvalue weighted by molar-refractivity contribution is 6.42. The summed E-state index contributed by atoms with van der Waals surface area (Å²) in [6.07, 6.45) is 5.94. The number of rotatable bonds is 7. The molecule has 2 saturated carbocycles. The number of carbonyl (C=O) groups is 1. The van der Waals surface area contributed by atoms with Crippen molar-refractivity contribution in [2.75, 3.05) is 33.8 Å². The number of β-amino-alcohol motifs (C(OH)–C–C–N with tert-alkyl or cyclic N) is 1. The molecule has 2 aromatic carbocycles. The number of likely N-dealkylation sites (tertiary alicyclic amines) is 1. The van der Waals surface area contributed by atoms with Crippen LogP contribution in [-0.2, 0) is 16.6 Å². The minimum atomic E-state index is -0.837. The van der Waals surface area contributed by atoms with Crippen molar-refractivity contribution >= 4 is 29.1 Å². The highest BCUT2D eigenvalue weighted by Crippen LogP contribution is 2.53. The van der Waals surface area contributed by atoms with Gasteiger partial charge in [0.25, 0.3) is 0 Å². The number of likely N-dealkylation sites (N-methyl/N-ethyl adjacent to an activating group) is 1. The molecular weight excluding hydrogens is 495 g/mol. The monoisotopic (exact) mass is 530 g/mol. The third-order valence-corrected chi connectivity index (χ3v) is 9.56. The van der Waals surface area contributed by atoms with E-state index in [4.69, 9.17) is 27.9 Å². The van der Waals surface area contributed by atoms with E-state index in [9.17, 15) is 9.90 Å². The van der Waals surface area contributed by atoms with Crippen LogP contribution in [0, 0.1) is 5.92 Å². The van der Waals surface area contributed by atoms with E-state index in [0.29, 0.717) is 23.0 Å². The van der Waals surface area contributed by atoms with Crippen LogP contribution < -0.4 is 4.74 Å². The van der Waals surface area contributed by atoms with E-state index in [-0.39, 0.29) is 18.4 Å². The molecule has 7 heteroatoms. The molecule has 0 aromatic heterocycles. The second-order valence-corrected chi connectivity index (χ2v) is 11.9. The van der Waals surface area contributed by atoms with E-state index >= 15 is 0 Å². The summed E-state index contributed by atoms with van der Waals surface area (Å²) in [6.45, 7) is 2.74. The Labute approximate surface area is 224 Å². The van der Waals surface area contributed by atoms with Crippen LogP contribution in [0.4, 0.5) is 0 Å². The molecule has 3 fully saturated rings. The predicted octanol–water partition coefficient (Wildman–Crippen LogP) is 5.34. The molecule has 3 aliphatic rings. The van der Waals surface area contributed by atoms with E-state index < -0.39 is 11.0 Å². The molecule has 36 heavy (non-hydrogen) atoms. The number of piperidine rings is 1. The lowest BCUT2D eigenvalue weighted by atomic mass is 9.55. The van der Waals surface area contributed by atoms with Gasteiger partial charge in [0.2, 0.25) is 5.91 Å². The van der Waals surface area contributed by atoms with Crippen molar-refractivity contribution in [1.82, 2.24) is 9.80 Å². The molecule has 2 aromatic rings. The Balaban J connectivity index is 1.40. The lowest BCUT2D eigenvalue weighted by Gasteiger charge is -2.59. The Bertz CT molecular complexity index is 1120. The van der Waals surface area contributed by atoms with E-state index in [0.717, 1.165) is 55.1 Å². The van der Waals surface area contributed by atoms with Crippen LogP contribution in [-0.4, -0.2) is 66.2 Å². The largest absolute Gasteiger partial charge is 0.497 e. The number of benzene rings is 2. The van der Waals surface area contributed by atoms with Gasteiger partial charge in [-0.2, -0.15) is 0 Å². The van der Waals surface area contributed by atoms with E-state index in [1.165, 1.54) is 12.8 Å². The first-order valence-electron chi connectivity index (χ1n) is 13.0. The van der Waals surface area contributed by atoms with Crippen molar-refractivity contribution in [3.8, 4) is 5.75 Å². The van der Waals surface area contributed by atoms with Gasteiger partial charge in [0.1, 0.15) is 5.75 Å². The summed E-state index contributed by atoms with van der Waals surface area (Å²) in [5.74, 6) is 1.64. The topological polar surface area (TPSA) is 53.0 Å². The molecule has 3 atom stereocenters. The average Bonchev–Trinajstić information content (AvgIpc) is 3.69. The second kappa shape index (κ2) is 10.2. The highest BCUT2D eigenvalue weighted by atomic mass is 35.5. The Morgan fingerprint density at radius 3 is 2.67 bits per heavy atom. The van der Waals surface area contributed by atoms with E-state index in [2.05, 4.69) is 17.0 Å². The molecule has 2 aliphatic carbocycles. The van der Waals surface area contributed by atoms with Crippen LogP contribution in [0.1, 0.15) is 49.7 Å². The number of amides is 1. The molecule has 5 nitrogen and oxygen atoms in total. The Hall–Kier alpha value is -1.79. The van der Waals surface area contributed by atoms with E-state index in [1.54, 1.807) is 19.2 Å². The summed E-state index contributed by atoms with van der Waals surface area (Å²) in [4.78, 5) is 17.7. The van der Waals surface area contributed by atoms with E-state index in [1.807, 2.05) is 30.1 Å². The van der Waals surface area contributed by atoms with Crippen molar-refractivity contribution in [2.45, 2.75) is 62.0 Å². The standard InChI is InChI=1S/C29H36Cl2N2O3/c1-32(27(34)15-21-8-9-25(30)26(31)14-21)23-10-11-29(35)19-33(18-20-6-7-20)13-12-28(29,17-23)22-4-3-5-24(16-22)36-2/h3-5,8-9,14,16,20,23,35H,6-7,10-13,15,17-19H2,1-2H3. The zero-order chi connectivity index (χ0) is 25.5. The molecule has 1 heterocycles. The quantitative estimate of drug-likeness (QED) is 0.524. The maximum Gasteiger partial charge on any atom is 0.226 e. The minimum absolute atomic E-state index is 0.0433. The third kappa shape index (κ3) is 5.00. The van der Waals surface area contributed by atoms with Crippen LogP contribution in [0.25, 0.3) is 0 Å². The normalized spacial score (nSPS) is 28.4. The van der Waals surface area contributed by atoms with Gasteiger partial charge in [-0.25, -0.2) is 0 Å². The summed E-state index contributed by atoms with van der Waals surface area (Å²) in [5.41, 5.74) is 0.703.